The van der Waals surface area contributed by atoms with E-state index in [9.17, 15) is 18.0 Å². The monoisotopic (exact) mass is 399 g/mol. The molecule has 0 spiro atoms. The van der Waals surface area contributed by atoms with Gasteiger partial charge in [0.25, 0.3) is 0 Å². The molecule has 1 amide bonds. The van der Waals surface area contributed by atoms with Crippen molar-refractivity contribution < 1.29 is 18.0 Å². The topological polar surface area (TPSA) is 46.9 Å². The van der Waals surface area contributed by atoms with Crippen LogP contribution in [0.2, 0.25) is 0 Å². The quantitative estimate of drug-likeness (QED) is 0.670. The number of aromatic nitrogens is 2. The molecule has 1 aromatic heterocycles. The number of benzene rings is 2. The summed E-state index contributed by atoms with van der Waals surface area (Å²) in [7, 11) is 0. The highest BCUT2D eigenvalue weighted by atomic mass is 19.4. The number of hydrogen-bond donors (Lipinski definition) is 1. The highest BCUT2D eigenvalue weighted by molar-refractivity contribution is 5.82. The van der Waals surface area contributed by atoms with Crippen molar-refractivity contribution in [3.8, 4) is 5.69 Å². The van der Waals surface area contributed by atoms with Crippen LogP contribution in [0.5, 0.6) is 0 Å². The summed E-state index contributed by atoms with van der Waals surface area (Å²) < 4.78 is 39.7. The van der Waals surface area contributed by atoms with E-state index in [1.54, 1.807) is 10.9 Å². The maximum absolute atomic E-state index is 12.6. The molecule has 2 unspecified atom stereocenters. The fourth-order valence-corrected chi connectivity index (χ4v) is 3.47. The maximum Gasteiger partial charge on any atom is 0.416 e. The Kier molecular flexibility index (Phi) is 5.13. The zero-order valence-electron chi connectivity index (χ0n) is 15.6. The number of nitrogens with zero attached hydrogens (tertiary/aromatic N) is 2. The van der Waals surface area contributed by atoms with Gasteiger partial charge in [0, 0.05) is 24.9 Å². The molecule has 1 aliphatic carbocycles. The molecule has 2 atom stereocenters. The van der Waals surface area contributed by atoms with Crippen molar-refractivity contribution >= 4 is 5.91 Å². The fourth-order valence-electron chi connectivity index (χ4n) is 3.47. The molecule has 1 saturated carbocycles. The van der Waals surface area contributed by atoms with Crippen LogP contribution in [0.3, 0.4) is 0 Å². The summed E-state index contributed by atoms with van der Waals surface area (Å²) >= 11 is 0. The minimum absolute atomic E-state index is 0.00522. The van der Waals surface area contributed by atoms with Gasteiger partial charge in [-0.25, -0.2) is 4.68 Å². The number of carbonyl (C=O) groups excluding carboxylic acids is 1. The summed E-state index contributed by atoms with van der Waals surface area (Å²) in [4.78, 5) is 12.3. The van der Waals surface area contributed by atoms with Gasteiger partial charge in [0.15, 0.2) is 0 Å². The Hall–Kier alpha value is -3.09. The first-order valence-electron chi connectivity index (χ1n) is 9.45. The normalized spacial score (nSPS) is 18.4. The molecule has 0 radical (unpaired) electrons. The van der Waals surface area contributed by atoms with E-state index >= 15 is 0 Å². The Morgan fingerprint density at radius 2 is 1.83 bits per heavy atom. The minimum atomic E-state index is -4.34. The molecule has 0 saturated heterocycles. The predicted octanol–water partition coefficient (Wildman–Crippen LogP) is 4.35. The van der Waals surface area contributed by atoms with E-state index in [1.807, 2.05) is 36.5 Å². The third-order valence-electron chi connectivity index (χ3n) is 5.21. The third-order valence-corrected chi connectivity index (χ3v) is 5.21. The van der Waals surface area contributed by atoms with Gasteiger partial charge in [0.05, 0.1) is 11.3 Å². The molecule has 4 rings (SSSR count). The lowest BCUT2D eigenvalue weighted by Crippen LogP contribution is -2.27. The van der Waals surface area contributed by atoms with Crippen LogP contribution in [-0.2, 0) is 17.4 Å². The first-order chi connectivity index (χ1) is 13.9. The average Bonchev–Trinajstić information content (AvgIpc) is 3.33. The van der Waals surface area contributed by atoms with Crippen LogP contribution in [0, 0.1) is 5.92 Å². The fraction of sp³-hybridized carbons (Fsp3) is 0.273. The highest BCUT2D eigenvalue weighted by Crippen LogP contribution is 2.47. The van der Waals surface area contributed by atoms with Gasteiger partial charge in [-0.05, 0) is 60.2 Å². The van der Waals surface area contributed by atoms with E-state index in [-0.39, 0.29) is 17.7 Å². The van der Waals surface area contributed by atoms with Gasteiger partial charge < -0.3 is 5.32 Å². The van der Waals surface area contributed by atoms with Crippen molar-refractivity contribution in [2.45, 2.75) is 24.9 Å². The summed E-state index contributed by atoms with van der Waals surface area (Å²) in [6.07, 6.45) is 0.644. The van der Waals surface area contributed by atoms with E-state index in [0.29, 0.717) is 19.4 Å². The molecule has 2 aromatic carbocycles. The Morgan fingerprint density at radius 3 is 2.45 bits per heavy atom. The largest absolute Gasteiger partial charge is 0.416 e. The number of hydrogen-bond acceptors (Lipinski definition) is 2. The van der Waals surface area contributed by atoms with Crippen molar-refractivity contribution in [2.75, 3.05) is 6.54 Å². The molecule has 3 aromatic rings. The molecule has 0 bridgehead atoms. The lowest BCUT2D eigenvalue weighted by molar-refractivity contribution is -0.137. The smallest absolute Gasteiger partial charge is 0.356 e. The first-order valence-corrected chi connectivity index (χ1v) is 9.45. The Bertz CT molecular complexity index is 964. The maximum atomic E-state index is 12.6. The van der Waals surface area contributed by atoms with Crippen molar-refractivity contribution in [1.82, 2.24) is 15.1 Å². The standard InChI is InChI=1S/C22H20F3N3O/c23-22(24,25)17-6-4-16(5-7-17)19-14-20(19)21(29)26-12-10-15-2-8-18(9-3-15)28-13-1-11-27-28/h1-9,11,13,19-20H,10,12,14H2,(H,26,29). The number of alkyl halides is 3. The first kappa shape index (κ1) is 19.2. The van der Waals surface area contributed by atoms with Gasteiger partial charge in [-0.2, -0.15) is 18.3 Å². The number of halogens is 3. The van der Waals surface area contributed by atoms with Crippen molar-refractivity contribution in [3.05, 3.63) is 83.7 Å². The molecule has 150 valence electrons. The Morgan fingerprint density at radius 1 is 1.10 bits per heavy atom. The van der Waals surface area contributed by atoms with Crippen molar-refractivity contribution in [2.24, 2.45) is 5.92 Å². The number of amides is 1. The van der Waals surface area contributed by atoms with Crippen LogP contribution in [0.1, 0.15) is 29.0 Å². The van der Waals surface area contributed by atoms with Gasteiger partial charge >= 0.3 is 6.18 Å². The predicted molar refractivity (Wildman–Crippen MR) is 103 cm³/mol. The van der Waals surface area contributed by atoms with Crippen LogP contribution < -0.4 is 5.32 Å². The van der Waals surface area contributed by atoms with Gasteiger partial charge in [-0.1, -0.05) is 24.3 Å². The van der Waals surface area contributed by atoms with Crippen LogP contribution in [0.4, 0.5) is 13.2 Å². The van der Waals surface area contributed by atoms with Crippen LogP contribution in [0.15, 0.2) is 67.0 Å². The molecule has 1 aliphatic rings. The summed E-state index contributed by atoms with van der Waals surface area (Å²) in [6, 6.07) is 14.9. The van der Waals surface area contributed by atoms with Crippen LogP contribution >= 0.6 is 0 Å². The van der Waals surface area contributed by atoms with Crippen LogP contribution in [0.25, 0.3) is 5.69 Å². The van der Waals surface area contributed by atoms with Gasteiger partial charge in [0.2, 0.25) is 5.91 Å². The van der Waals surface area contributed by atoms with Crippen molar-refractivity contribution in [3.63, 3.8) is 0 Å². The molecule has 1 fully saturated rings. The molecular formula is C22H20F3N3O. The third kappa shape index (κ3) is 4.50. The number of carbonyl (C=O) groups is 1. The number of nitrogens with one attached hydrogen (secondary N) is 1. The molecule has 1 N–H and O–H groups in total. The lowest BCUT2D eigenvalue weighted by Gasteiger charge is -2.08. The van der Waals surface area contributed by atoms with Crippen LogP contribution in [-0.4, -0.2) is 22.2 Å². The lowest BCUT2D eigenvalue weighted by atomic mass is 10.1. The molecule has 4 nitrogen and oxygen atoms in total. The summed E-state index contributed by atoms with van der Waals surface area (Å²) in [5, 5.41) is 7.11. The second kappa shape index (κ2) is 7.73. The molecule has 0 aliphatic heterocycles. The average molecular weight is 399 g/mol. The zero-order chi connectivity index (χ0) is 20.4. The van der Waals surface area contributed by atoms with Gasteiger partial charge in [-0.15, -0.1) is 0 Å². The summed E-state index contributed by atoms with van der Waals surface area (Å²) in [5.74, 6) is -0.192. The van der Waals surface area contributed by atoms with Gasteiger partial charge in [-0.3, -0.25) is 4.79 Å². The van der Waals surface area contributed by atoms with Crippen molar-refractivity contribution in [1.29, 1.82) is 0 Å². The second-order valence-corrected chi connectivity index (χ2v) is 7.23. The van der Waals surface area contributed by atoms with E-state index in [2.05, 4.69) is 10.4 Å². The summed E-state index contributed by atoms with van der Waals surface area (Å²) in [5.41, 5.74) is 2.20. The van der Waals surface area contributed by atoms with E-state index in [0.717, 1.165) is 28.9 Å². The number of rotatable bonds is 6. The van der Waals surface area contributed by atoms with E-state index in [4.69, 9.17) is 0 Å². The highest BCUT2D eigenvalue weighted by Gasteiger charge is 2.44. The molecule has 1 heterocycles. The van der Waals surface area contributed by atoms with Gasteiger partial charge in [0.1, 0.15) is 0 Å². The minimum Gasteiger partial charge on any atom is -0.356 e. The Balaban J connectivity index is 1.25. The second-order valence-electron chi connectivity index (χ2n) is 7.23. The van der Waals surface area contributed by atoms with E-state index in [1.165, 1.54) is 12.1 Å². The summed E-state index contributed by atoms with van der Waals surface area (Å²) in [6.45, 7) is 0.524. The molecule has 7 heteroatoms. The SMILES string of the molecule is O=C(NCCc1ccc(-n2cccn2)cc1)C1CC1c1ccc(C(F)(F)F)cc1. The Labute approximate surface area is 166 Å². The molecule has 29 heavy (non-hydrogen) atoms. The zero-order valence-corrected chi connectivity index (χ0v) is 15.6. The molecular weight excluding hydrogens is 379 g/mol. The van der Waals surface area contributed by atoms with E-state index < -0.39 is 11.7 Å².